The SMILES string of the molecule is CC(N)(C(=O)Nc1ccc(Cl)c(F)c1)C1CC1. The van der Waals surface area contributed by atoms with Crippen molar-refractivity contribution in [1.82, 2.24) is 0 Å². The lowest BCUT2D eigenvalue weighted by Crippen LogP contribution is -2.50. The van der Waals surface area contributed by atoms with Crippen molar-refractivity contribution in [3.8, 4) is 0 Å². The molecule has 1 unspecified atom stereocenters. The summed E-state index contributed by atoms with van der Waals surface area (Å²) in [6.07, 6.45) is 1.94. The Morgan fingerprint density at radius 1 is 1.59 bits per heavy atom. The van der Waals surface area contributed by atoms with Crippen molar-refractivity contribution in [3.63, 3.8) is 0 Å². The van der Waals surface area contributed by atoms with Gasteiger partial charge in [-0.2, -0.15) is 0 Å². The maximum atomic E-state index is 13.2. The van der Waals surface area contributed by atoms with Crippen molar-refractivity contribution in [2.75, 3.05) is 5.32 Å². The molecule has 1 aromatic carbocycles. The minimum absolute atomic E-state index is 0.0284. The molecular weight excluding hydrogens is 243 g/mol. The minimum atomic E-state index is -0.893. The molecule has 5 heteroatoms. The van der Waals surface area contributed by atoms with Crippen LogP contribution in [0.15, 0.2) is 18.2 Å². The Labute approximate surface area is 104 Å². The number of nitrogens with one attached hydrogen (secondary N) is 1. The van der Waals surface area contributed by atoms with Gasteiger partial charge in [-0.15, -0.1) is 0 Å². The highest BCUT2D eigenvalue weighted by Crippen LogP contribution is 2.38. The van der Waals surface area contributed by atoms with Gasteiger partial charge in [-0.05, 0) is 43.9 Å². The molecule has 92 valence electrons. The van der Waals surface area contributed by atoms with E-state index in [1.54, 1.807) is 13.0 Å². The molecule has 2 rings (SSSR count). The largest absolute Gasteiger partial charge is 0.324 e. The Kier molecular flexibility index (Phi) is 3.10. The normalized spacial score (nSPS) is 18.6. The van der Waals surface area contributed by atoms with E-state index in [1.165, 1.54) is 12.1 Å². The number of hydrogen-bond donors (Lipinski definition) is 2. The maximum Gasteiger partial charge on any atom is 0.244 e. The number of hydrogen-bond acceptors (Lipinski definition) is 2. The molecule has 0 bridgehead atoms. The van der Waals surface area contributed by atoms with E-state index in [4.69, 9.17) is 17.3 Å². The van der Waals surface area contributed by atoms with Crippen molar-refractivity contribution in [2.24, 2.45) is 11.7 Å². The summed E-state index contributed by atoms with van der Waals surface area (Å²) in [5, 5.41) is 2.64. The first-order valence-electron chi connectivity index (χ1n) is 5.46. The van der Waals surface area contributed by atoms with Gasteiger partial charge in [0.15, 0.2) is 0 Å². The van der Waals surface area contributed by atoms with Gasteiger partial charge in [0.05, 0.1) is 10.6 Å². The van der Waals surface area contributed by atoms with Crippen LogP contribution in [0, 0.1) is 11.7 Å². The van der Waals surface area contributed by atoms with Crippen molar-refractivity contribution >= 4 is 23.2 Å². The fourth-order valence-corrected chi connectivity index (χ4v) is 1.83. The molecule has 0 radical (unpaired) electrons. The van der Waals surface area contributed by atoms with Gasteiger partial charge in [-0.25, -0.2) is 4.39 Å². The number of anilines is 1. The van der Waals surface area contributed by atoms with Gasteiger partial charge in [-0.3, -0.25) is 4.79 Å². The predicted octanol–water partition coefficient (Wildman–Crippen LogP) is 2.55. The zero-order valence-corrected chi connectivity index (χ0v) is 10.2. The molecule has 1 aliphatic rings. The van der Waals surface area contributed by atoms with Gasteiger partial charge in [-0.1, -0.05) is 11.6 Å². The van der Waals surface area contributed by atoms with E-state index in [2.05, 4.69) is 5.32 Å². The summed E-state index contributed by atoms with van der Waals surface area (Å²) < 4.78 is 13.2. The van der Waals surface area contributed by atoms with E-state index < -0.39 is 11.4 Å². The number of rotatable bonds is 3. The summed E-state index contributed by atoms with van der Waals surface area (Å²) in [6.45, 7) is 1.70. The zero-order valence-electron chi connectivity index (χ0n) is 9.47. The third-order valence-corrected chi connectivity index (χ3v) is 3.40. The third-order valence-electron chi connectivity index (χ3n) is 3.09. The zero-order chi connectivity index (χ0) is 12.6. The van der Waals surface area contributed by atoms with E-state index in [-0.39, 0.29) is 16.8 Å². The Morgan fingerprint density at radius 3 is 2.76 bits per heavy atom. The molecule has 0 aliphatic heterocycles. The first-order chi connectivity index (χ1) is 7.91. The monoisotopic (exact) mass is 256 g/mol. The number of benzene rings is 1. The van der Waals surface area contributed by atoms with Crippen LogP contribution in [0.2, 0.25) is 5.02 Å². The second-order valence-corrected chi connectivity index (χ2v) is 5.05. The number of amides is 1. The first kappa shape index (κ1) is 12.3. The highest BCUT2D eigenvalue weighted by Gasteiger charge is 2.44. The molecule has 0 heterocycles. The van der Waals surface area contributed by atoms with Gasteiger partial charge in [0.2, 0.25) is 5.91 Å². The lowest BCUT2D eigenvalue weighted by atomic mass is 9.96. The van der Waals surface area contributed by atoms with E-state index in [0.717, 1.165) is 12.8 Å². The van der Waals surface area contributed by atoms with E-state index in [0.29, 0.717) is 5.69 Å². The topological polar surface area (TPSA) is 55.1 Å². The predicted molar refractivity (Wildman–Crippen MR) is 65.4 cm³/mol. The standard InChI is InChI=1S/C12H14ClFN2O/c1-12(15,7-2-3-7)11(17)16-8-4-5-9(13)10(14)6-8/h4-7H,2-3,15H2,1H3,(H,16,17). The van der Waals surface area contributed by atoms with Crippen LogP contribution in [-0.2, 0) is 4.79 Å². The summed E-state index contributed by atoms with van der Waals surface area (Å²) in [7, 11) is 0. The smallest absolute Gasteiger partial charge is 0.244 e. The Hall–Kier alpha value is -1.13. The fraction of sp³-hybridized carbons (Fsp3) is 0.417. The van der Waals surface area contributed by atoms with Crippen molar-refractivity contribution in [2.45, 2.75) is 25.3 Å². The van der Waals surface area contributed by atoms with E-state index in [9.17, 15) is 9.18 Å². The molecular formula is C12H14ClFN2O. The molecule has 3 nitrogen and oxygen atoms in total. The molecule has 1 fully saturated rings. The summed E-state index contributed by atoms with van der Waals surface area (Å²) in [6, 6.07) is 4.13. The van der Waals surface area contributed by atoms with Crippen LogP contribution in [0.5, 0.6) is 0 Å². The second kappa shape index (κ2) is 4.27. The Bertz CT molecular complexity index is 458. The molecule has 0 saturated heterocycles. The molecule has 1 aliphatic carbocycles. The minimum Gasteiger partial charge on any atom is -0.324 e. The van der Waals surface area contributed by atoms with Crippen LogP contribution < -0.4 is 11.1 Å². The van der Waals surface area contributed by atoms with Crippen LogP contribution in [0.25, 0.3) is 0 Å². The van der Waals surface area contributed by atoms with E-state index >= 15 is 0 Å². The lowest BCUT2D eigenvalue weighted by molar-refractivity contribution is -0.121. The lowest BCUT2D eigenvalue weighted by Gasteiger charge is -2.23. The highest BCUT2D eigenvalue weighted by atomic mass is 35.5. The van der Waals surface area contributed by atoms with Gasteiger partial charge >= 0.3 is 0 Å². The molecule has 1 aromatic rings. The molecule has 1 amide bonds. The van der Waals surface area contributed by atoms with Gasteiger partial charge in [0.1, 0.15) is 5.82 Å². The van der Waals surface area contributed by atoms with Crippen LogP contribution in [0.1, 0.15) is 19.8 Å². The van der Waals surface area contributed by atoms with Crippen LogP contribution in [0.4, 0.5) is 10.1 Å². The van der Waals surface area contributed by atoms with Crippen molar-refractivity contribution < 1.29 is 9.18 Å². The third kappa shape index (κ3) is 2.58. The van der Waals surface area contributed by atoms with Crippen LogP contribution in [-0.4, -0.2) is 11.4 Å². The van der Waals surface area contributed by atoms with Gasteiger partial charge in [0.25, 0.3) is 0 Å². The van der Waals surface area contributed by atoms with Crippen LogP contribution >= 0.6 is 11.6 Å². The van der Waals surface area contributed by atoms with Crippen molar-refractivity contribution in [1.29, 1.82) is 0 Å². The first-order valence-corrected chi connectivity index (χ1v) is 5.84. The quantitative estimate of drug-likeness (QED) is 0.873. The molecule has 0 spiro atoms. The molecule has 17 heavy (non-hydrogen) atoms. The van der Waals surface area contributed by atoms with Gasteiger partial charge < -0.3 is 11.1 Å². The van der Waals surface area contributed by atoms with Crippen LogP contribution in [0.3, 0.4) is 0 Å². The average molecular weight is 257 g/mol. The van der Waals surface area contributed by atoms with Crippen molar-refractivity contribution in [3.05, 3.63) is 29.0 Å². The van der Waals surface area contributed by atoms with Gasteiger partial charge in [0, 0.05) is 5.69 Å². The second-order valence-electron chi connectivity index (χ2n) is 4.64. The molecule has 0 aromatic heterocycles. The Morgan fingerprint density at radius 2 is 2.24 bits per heavy atom. The highest BCUT2D eigenvalue weighted by molar-refractivity contribution is 6.30. The summed E-state index contributed by atoms with van der Waals surface area (Å²) in [5.74, 6) is -0.629. The van der Waals surface area contributed by atoms with E-state index in [1.807, 2.05) is 0 Å². The Balaban J connectivity index is 2.10. The number of nitrogens with two attached hydrogens (primary N) is 1. The molecule has 1 saturated carbocycles. The summed E-state index contributed by atoms with van der Waals surface area (Å²) in [4.78, 5) is 11.9. The number of carbonyl (C=O) groups is 1. The molecule has 3 N–H and O–H groups in total. The average Bonchev–Trinajstić information content (AvgIpc) is 3.07. The summed E-state index contributed by atoms with van der Waals surface area (Å²) in [5.41, 5.74) is 5.43. The number of halogens is 2. The molecule has 1 atom stereocenters. The fourth-order valence-electron chi connectivity index (χ4n) is 1.71. The maximum absolute atomic E-state index is 13.2. The number of carbonyl (C=O) groups excluding carboxylic acids is 1. The summed E-state index contributed by atoms with van der Waals surface area (Å²) >= 11 is 5.56.